The van der Waals surface area contributed by atoms with Gasteiger partial charge in [-0.25, -0.2) is 9.78 Å². The van der Waals surface area contributed by atoms with Gasteiger partial charge in [0.25, 0.3) is 0 Å². The van der Waals surface area contributed by atoms with Crippen LogP contribution in [0.25, 0.3) is 0 Å². The molecule has 3 amide bonds. The molecule has 0 spiro atoms. The second kappa shape index (κ2) is 7.04. The standard InChI is InChI=1S/C13H16N6O2/c1-19(8-11-15-9-16-18-11)12(20)7-14-13(21)17-10-5-3-2-4-6-10/h2-6,9H,7-8H2,1H3,(H2,14,17,21)(H,15,16,18). The lowest BCUT2D eigenvalue weighted by atomic mass is 10.3. The van der Waals surface area contributed by atoms with Crippen LogP contribution in [0.1, 0.15) is 5.82 Å². The van der Waals surface area contributed by atoms with Gasteiger partial charge in [-0.3, -0.25) is 9.89 Å². The SMILES string of the molecule is CN(Cc1ncn[nH]1)C(=O)CNC(=O)Nc1ccccc1. The fourth-order valence-electron chi connectivity index (χ4n) is 1.61. The highest BCUT2D eigenvalue weighted by molar-refractivity contribution is 5.92. The highest BCUT2D eigenvalue weighted by atomic mass is 16.2. The Bertz CT molecular complexity index is 584. The number of rotatable bonds is 5. The summed E-state index contributed by atoms with van der Waals surface area (Å²) >= 11 is 0. The van der Waals surface area contributed by atoms with Crippen LogP contribution in [0.4, 0.5) is 10.5 Å². The van der Waals surface area contributed by atoms with Crippen molar-refractivity contribution in [3.63, 3.8) is 0 Å². The predicted molar refractivity (Wildman–Crippen MR) is 76.3 cm³/mol. The van der Waals surface area contributed by atoms with Crippen molar-refractivity contribution in [1.82, 2.24) is 25.4 Å². The molecule has 110 valence electrons. The number of para-hydroxylation sites is 1. The number of H-pyrrole nitrogens is 1. The normalized spacial score (nSPS) is 9.95. The van der Waals surface area contributed by atoms with Gasteiger partial charge in [0.1, 0.15) is 12.2 Å². The second-order valence-corrected chi connectivity index (χ2v) is 4.36. The molecule has 0 bridgehead atoms. The average Bonchev–Trinajstić information content (AvgIpc) is 2.98. The molecule has 0 aliphatic rings. The highest BCUT2D eigenvalue weighted by Gasteiger charge is 2.12. The molecule has 0 aliphatic heterocycles. The van der Waals surface area contributed by atoms with Gasteiger partial charge in [-0.2, -0.15) is 5.10 Å². The molecule has 2 aromatic rings. The second-order valence-electron chi connectivity index (χ2n) is 4.36. The van der Waals surface area contributed by atoms with Crippen LogP contribution in [0.2, 0.25) is 0 Å². The summed E-state index contributed by atoms with van der Waals surface area (Å²) in [5.74, 6) is 0.356. The van der Waals surface area contributed by atoms with E-state index in [2.05, 4.69) is 25.8 Å². The molecule has 3 N–H and O–H groups in total. The van der Waals surface area contributed by atoms with Crippen molar-refractivity contribution in [2.45, 2.75) is 6.54 Å². The minimum absolute atomic E-state index is 0.0939. The maximum atomic E-state index is 11.8. The van der Waals surface area contributed by atoms with E-state index in [1.165, 1.54) is 11.2 Å². The maximum Gasteiger partial charge on any atom is 0.319 e. The minimum atomic E-state index is -0.428. The van der Waals surface area contributed by atoms with Crippen molar-refractivity contribution in [3.05, 3.63) is 42.5 Å². The van der Waals surface area contributed by atoms with E-state index in [1.54, 1.807) is 19.2 Å². The molecular formula is C13H16N6O2. The first-order valence-electron chi connectivity index (χ1n) is 6.33. The molecule has 21 heavy (non-hydrogen) atoms. The lowest BCUT2D eigenvalue weighted by molar-refractivity contribution is -0.129. The Kier molecular flexibility index (Phi) is 4.86. The van der Waals surface area contributed by atoms with Crippen molar-refractivity contribution >= 4 is 17.6 Å². The number of hydrogen-bond acceptors (Lipinski definition) is 4. The van der Waals surface area contributed by atoms with E-state index in [4.69, 9.17) is 0 Å². The predicted octanol–water partition coefficient (Wildman–Crippen LogP) is 0.585. The van der Waals surface area contributed by atoms with E-state index < -0.39 is 6.03 Å². The number of aromatic amines is 1. The third-order valence-corrected chi connectivity index (χ3v) is 2.71. The summed E-state index contributed by atoms with van der Waals surface area (Å²) < 4.78 is 0. The molecule has 1 aromatic carbocycles. The van der Waals surface area contributed by atoms with E-state index in [0.717, 1.165) is 0 Å². The third kappa shape index (κ3) is 4.60. The summed E-state index contributed by atoms with van der Waals surface area (Å²) in [6, 6.07) is 8.57. The van der Waals surface area contributed by atoms with Gasteiger partial charge in [-0.05, 0) is 12.1 Å². The molecule has 0 unspecified atom stereocenters. The lowest BCUT2D eigenvalue weighted by Crippen LogP contribution is -2.39. The Hall–Kier alpha value is -2.90. The molecule has 2 rings (SSSR count). The van der Waals surface area contributed by atoms with Crippen LogP contribution in [0.5, 0.6) is 0 Å². The Morgan fingerprint density at radius 1 is 1.29 bits per heavy atom. The summed E-state index contributed by atoms with van der Waals surface area (Å²) in [6.45, 7) is 0.212. The van der Waals surface area contributed by atoms with Crippen LogP contribution in [0.3, 0.4) is 0 Å². The van der Waals surface area contributed by atoms with E-state index in [9.17, 15) is 9.59 Å². The molecule has 0 fully saturated rings. The fourth-order valence-corrected chi connectivity index (χ4v) is 1.61. The minimum Gasteiger partial charge on any atom is -0.337 e. The summed E-state index contributed by atoms with van der Waals surface area (Å²) in [6.07, 6.45) is 1.37. The van der Waals surface area contributed by atoms with Crippen LogP contribution in [-0.4, -0.2) is 45.6 Å². The smallest absolute Gasteiger partial charge is 0.319 e. The summed E-state index contributed by atoms with van der Waals surface area (Å²) in [5.41, 5.74) is 0.664. The fraction of sp³-hybridized carbons (Fsp3) is 0.231. The Balaban J connectivity index is 1.74. The first kappa shape index (κ1) is 14.5. The number of aromatic nitrogens is 3. The Morgan fingerprint density at radius 2 is 2.05 bits per heavy atom. The number of benzene rings is 1. The molecule has 0 aliphatic carbocycles. The molecule has 0 radical (unpaired) electrons. The van der Waals surface area contributed by atoms with Crippen molar-refractivity contribution in [2.75, 3.05) is 18.9 Å². The number of likely N-dealkylation sites (N-methyl/N-ethyl adjacent to an activating group) is 1. The van der Waals surface area contributed by atoms with Crippen LogP contribution in [0, 0.1) is 0 Å². The number of nitrogens with zero attached hydrogens (tertiary/aromatic N) is 3. The summed E-state index contributed by atoms with van der Waals surface area (Å²) in [7, 11) is 1.63. The van der Waals surface area contributed by atoms with Crippen molar-refractivity contribution < 1.29 is 9.59 Å². The number of carbonyl (C=O) groups excluding carboxylic acids is 2. The molecule has 0 saturated carbocycles. The van der Waals surface area contributed by atoms with Gasteiger partial charge in [-0.1, -0.05) is 18.2 Å². The summed E-state index contributed by atoms with van der Waals surface area (Å²) in [4.78, 5) is 28.9. The van der Waals surface area contributed by atoms with Gasteiger partial charge in [0.05, 0.1) is 13.1 Å². The zero-order valence-corrected chi connectivity index (χ0v) is 11.5. The topological polar surface area (TPSA) is 103 Å². The van der Waals surface area contributed by atoms with Gasteiger partial charge < -0.3 is 15.5 Å². The lowest BCUT2D eigenvalue weighted by Gasteiger charge is -2.16. The maximum absolute atomic E-state index is 11.8. The first-order valence-corrected chi connectivity index (χ1v) is 6.33. The molecular weight excluding hydrogens is 272 g/mol. The zero-order valence-electron chi connectivity index (χ0n) is 11.5. The average molecular weight is 288 g/mol. The van der Waals surface area contributed by atoms with Gasteiger partial charge in [-0.15, -0.1) is 0 Å². The van der Waals surface area contributed by atoms with E-state index in [-0.39, 0.29) is 12.5 Å². The Labute approximate surface area is 121 Å². The van der Waals surface area contributed by atoms with E-state index in [1.807, 2.05) is 18.2 Å². The van der Waals surface area contributed by atoms with Crippen LogP contribution in [0.15, 0.2) is 36.7 Å². The molecule has 8 nitrogen and oxygen atoms in total. The molecule has 0 saturated heterocycles. The van der Waals surface area contributed by atoms with Crippen LogP contribution in [-0.2, 0) is 11.3 Å². The van der Waals surface area contributed by atoms with E-state index >= 15 is 0 Å². The number of carbonyl (C=O) groups is 2. The molecule has 1 heterocycles. The van der Waals surface area contributed by atoms with Gasteiger partial charge in [0.2, 0.25) is 5.91 Å². The quantitative estimate of drug-likeness (QED) is 0.749. The Morgan fingerprint density at radius 3 is 2.71 bits per heavy atom. The van der Waals surface area contributed by atoms with Gasteiger partial charge in [0.15, 0.2) is 0 Å². The first-order chi connectivity index (χ1) is 10.1. The van der Waals surface area contributed by atoms with Gasteiger partial charge in [0, 0.05) is 12.7 Å². The van der Waals surface area contributed by atoms with Crippen molar-refractivity contribution in [1.29, 1.82) is 0 Å². The van der Waals surface area contributed by atoms with Crippen LogP contribution >= 0.6 is 0 Å². The molecule has 0 atom stereocenters. The zero-order chi connectivity index (χ0) is 15.1. The van der Waals surface area contributed by atoms with Crippen molar-refractivity contribution in [2.24, 2.45) is 0 Å². The number of nitrogens with one attached hydrogen (secondary N) is 3. The largest absolute Gasteiger partial charge is 0.337 e. The number of urea groups is 1. The van der Waals surface area contributed by atoms with E-state index in [0.29, 0.717) is 18.1 Å². The third-order valence-electron chi connectivity index (χ3n) is 2.71. The number of amides is 3. The number of anilines is 1. The summed E-state index contributed by atoms with van der Waals surface area (Å²) in [5, 5.41) is 11.5. The monoisotopic (exact) mass is 288 g/mol. The molecule has 8 heteroatoms. The number of hydrogen-bond donors (Lipinski definition) is 3. The van der Waals surface area contributed by atoms with Crippen LogP contribution < -0.4 is 10.6 Å². The highest BCUT2D eigenvalue weighted by Crippen LogP contribution is 2.04. The molecule has 1 aromatic heterocycles. The van der Waals surface area contributed by atoms with Gasteiger partial charge >= 0.3 is 6.03 Å². The van der Waals surface area contributed by atoms with Crippen molar-refractivity contribution in [3.8, 4) is 0 Å².